The van der Waals surface area contributed by atoms with Gasteiger partial charge in [0.15, 0.2) is 0 Å². The first-order valence-corrected chi connectivity index (χ1v) is 7.57. The lowest BCUT2D eigenvalue weighted by molar-refractivity contribution is -0.131. The Kier molecular flexibility index (Phi) is 6.05. The lowest BCUT2D eigenvalue weighted by Gasteiger charge is -2.27. The highest BCUT2D eigenvalue weighted by Gasteiger charge is 2.21. The van der Waals surface area contributed by atoms with Crippen molar-refractivity contribution in [3.63, 3.8) is 0 Å². The van der Waals surface area contributed by atoms with Crippen LogP contribution in [-0.4, -0.2) is 26.3 Å². The Hall–Kier alpha value is -1.55. The summed E-state index contributed by atoms with van der Waals surface area (Å²) in [5, 5.41) is 0. The molecule has 0 aromatic heterocycles. The number of hydrogen-bond donors (Lipinski definition) is 0. The number of carbonyl (C=O) groups is 1. The van der Waals surface area contributed by atoms with Crippen molar-refractivity contribution in [3.05, 3.63) is 24.3 Å². The fraction of sp³-hybridized carbons (Fsp3) is 0.588. The van der Waals surface area contributed by atoms with Gasteiger partial charge in [-0.05, 0) is 61.8 Å². The summed E-state index contributed by atoms with van der Waals surface area (Å²) in [6.45, 7) is 3.03. The number of hydrogen-bond acceptors (Lipinski definition) is 4. The van der Waals surface area contributed by atoms with Gasteiger partial charge in [-0.15, -0.1) is 0 Å². The second-order valence-electron chi connectivity index (χ2n) is 5.72. The molecule has 21 heavy (non-hydrogen) atoms. The fourth-order valence-corrected chi connectivity index (χ4v) is 2.78. The summed E-state index contributed by atoms with van der Waals surface area (Å²) in [5.74, 6) is 2.41. The van der Waals surface area contributed by atoms with Gasteiger partial charge >= 0.3 is 5.97 Å². The molecule has 0 bridgehead atoms. The molecule has 0 radical (unpaired) electrons. The molecule has 0 unspecified atom stereocenters. The van der Waals surface area contributed by atoms with Gasteiger partial charge in [0, 0.05) is 20.6 Å². The Balaban J connectivity index is 1.72. The molecule has 1 saturated carbocycles. The molecule has 0 aliphatic heterocycles. The van der Waals surface area contributed by atoms with Crippen LogP contribution >= 0.6 is 0 Å². The molecule has 1 aromatic carbocycles. The molecule has 116 valence electrons. The maximum atomic E-state index is 10.8. The molecule has 1 fully saturated rings. The number of rotatable bonds is 6. The predicted molar refractivity (Wildman–Crippen MR) is 80.6 cm³/mol. The van der Waals surface area contributed by atoms with Gasteiger partial charge in [0.1, 0.15) is 11.5 Å². The monoisotopic (exact) mass is 292 g/mol. The van der Waals surface area contributed by atoms with Crippen LogP contribution in [0.25, 0.3) is 0 Å². The zero-order chi connectivity index (χ0) is 15.1. The van der Waals surface area contributed by atoms with Gasteiger partial charge in [0.25, 0.3) is 0 Å². The zero-order valence-electron chi connectivity index (χ0n) is 12.8. The van der Waals surface area contributed by atoms with Crippen molar-refractivity contribution in [2.45, 2.75) is 32.6 Å². The highest BCUT2D eigenvalue weighted by Crippen LogP contribution is 2.29. The van der Waals surface area contributed by atoms with Crippen LogP contribution in [0.4, 0.5) is 0 Å². The summed E-state index contributed by atoms with van der Waals surface area (Å²) >= 11 is 0. The van der Waals surface area contributed by atoms with Crippen LogP contribution in [0, 0.1) is 11.8 Å². The quantitative estimate of drug-likeness (QED) is 0.595. The van der Waals surface area contributed by atoms with E-state index < -0.39 is 0 Å². The summed E-state index contributed by atoms with van der Waals surface area (Å²) in [5.41, 5.74) is 0. The second kappa shape index (κ2) is 8.03. The Morgan fingerprint density at radius 3 is 2.05 bits per heavy atom. The average molecular weight is 292 g/mol. The minimum Gasteiger partial charge on any atom is -0.493 e. The third-order valence-corrected chi connectivity index (χ3v) is 3.94. The van der Waals surface area contributed by atoms with E-state index in [0.29, 0.717) is 17.6 Å². The molecule has 0 atom stereocenters. The Morgan fingerprint density at radius 1 is 1.00 bits per heavy atom. The molecule has 0 saturated heterocycles. The molecular weight excluding hydrogens is 268 g/mol. The molecule has 4 nitrogen and oxygen atoms in total. The fourth-order valence-electron chi connectivity index (χ4n) is 2.78. The van der Waals surface area contributed by atoms with Crippen LogP contribution in [0.5, 0.6) is 11.5 Å². The smallest absolute Gasteiger partial charge is 0.308 e. The maximum Gasteiger partial charge on any atom is 0.308 e. The molecule has 0 amide bonds. The summed E-state index contributed by atoms with van der Waals surface area (Å²) in [6.07, 6.45) is 4.87. The predicted octanol–water partition coefficient (Wildman–Crippen LogP) is 3.44. The lowest BCUT2D eigenvalue weighted by Crippen LogP contribution is -2.22. The molecule has 2 rings (SSSR count). The van der Waals surface area contributed by atoms with E-state index in [9.17, 15) is 4.79 Å². The third kappa shape index (κ3) is 5.38. The zero-order valence-corrected chi connectivity index (χ0v) is 12.8. The minimum atomic E-state index is -0.309. The Labute approximate surface area is 126 Å². The Morgan fingerprint density at radius 2 is 1.52 bits per heavy atom. The molecule has 1 aliphatic rings. The molecular formula is C17H24O4. The molecule has 0 spiro atoms. The van der Waals surface area contributed by atoms with Crippen LogP contribution < -0.4 is 9.47 Å². The van der Waals surface area contributed by atoms with Gasteiger partial charge in [0.05, 0.1) is 6.61 Å². The molecule has 4 heteroatoms. The topological polar surface area (TPSA) is 44.8 Å². The van der Waals surface area contributed by atoms with Crippen LogP contribution in [0.2, 0.25) is 0 Å². The number of esters is 1. The molecule has 1 aromatic rings. The number of carbonyl (C=O) groups excluding carboxylic acids is 1. The van der Waals surface area contributed by atoms with Crippen molar-refractivity contribution < 1.29 is 19.0 Å². The second-order valence-corrected chi connectivity index (χ2v) is 5.72. The van der Waals surface area contributed by atoms with E-state index in [1.165, 1.54) is 32.6 Å². The van der Waals surface area contributed by atoms with Gasteiger partial charge in [-0.1, -0.05) is 0 Å². The minimum absolute atomic E-state index is 0.309. The van der Waals surface area contributed by atoms with E-state index >= 15 is 0 Å². The van der Waals surface area contributed by atoms with E-state index in [1.807, 2.05) is 12.1 Å². The first kappa shape index (κ1) is 15.8. The SMILES string of the molecule is COCC1CCC(COc2ccc(OC(C)=O)cc2)CC1. The average Bonchev–Trinajstić information content (AvgIpc) is 2.48. The van der Waals surface area contributed by atoms with Crippen LogP contribution in [0.15, 0.2) is 24.3 Å². The summed E-state index contributed by atoms with van der Waals surface area (Å²) in [7, 11) is 1.77. The number of ether oxygens (including phenoxy) is 3. The lowest BCUT2D eigenvalue weighted by atomic mass is 9.83. The van der Waals surface area contributed by atoms with Gasteiger partial charge in [0.2, 0.25) is 0 Å². The van der Waals surface area contributed by atoms with E-state index in [2.05, 4.69) is 0 Å². The molecule has 1 aliphatic carbocycles. The van der Waals surface area contributed by atoms with Crippen molar-refractivity contribution in [1.29, 1.82) is 0 Å². The van der Waals surface area contributed by atoms with Crippen LogP contribution in [0.1, 0.15) is 32.6 Å². The summed E-state index contributed by atoms with van der Waals surface area (Å²) in [4.78, 5) is 10.8. The highest BCUT2D eigenvalue weighted by atomic mass is 16.5. The highest BCUT2D eigenvalue weighted by molar-refractivity contribution is 5.69. The first-order chi connectivity index (χ1) is 10.2. The van der Waals surface area contributed by atoms with Crippen molar-refractivity contribution in [3.8, 4) is 11.5 Å². The number of benzene rings is 1. The molecule has 0 N–H and O–H groups in total. The van der Waals surface area contributed by atoms with Crippen molar-refractivity contribution in [2.24, 2.45) is 11.8 Å². The van der Waals surface area contributed by atoms with Crippen LogP contribution in [0.3, 0.4) is 0 Å². The summed E-state index contributed by atoms with van der Waals surface area (Å²) < 4.78 is 16.0. The first-order valence-electron chi connectivity index (χ1n) is 7.57. The van der Waals surface area contributed by atoms with E-state index in [4.69, 9.17) is 14.2 Å². The Bertz CT molecular complexity index is 433. The summed E-state index contributed by atoms with van der Waals surface area (Å²) in [6, 6.07) is 7.20. The van der Waals surface area contributed by atoms with Gasteiger partial charge < -0.3 is 14.2 Å². The normalized spacial score (nSPS) is 21.8. The van der Waals surface area contributed by atoms with Gasteiger partial charge in [-0.2, -0.15) is 0 Å². The van der Waals surface area contributed by atoms with E-state index in [1.54, 1.807) is 19.2 Å². The largest absolute Gasteiger partial charge is 0.493 e. The van der Waals surface area contributed by atoms with Gasteiger partial charge in [-0.25, -0.2) is 0 Å². The third-order valence-electron chi connectivity index (χ3n) is 3.94. The van der Waals surface area contributed by atoms with Crippen LogP contribution in [-0.2, 0) is 9.53 Å². The van der Waals surface area contributed by atoms with E-state index in [0.717, 1.165) is 19.0 Å². The number of methoxy groups -OCH3 is 1. The van der Waals surface area contributed by atoms with Crippen molar-refractivity contribution in [1.82, 2.24) is 0 Å². The maximum absolute atomic E-state index is 10.8. The van der Waals surface area contributed by atoms with Crippen molar-refractivity contribution in [2.75, 3.05) is 20.3 Å². The van der Waals surface area contributed by atoms with E-state index in [-0.39, 0.29) is 5.97 Å². The standard InChI is InChI=1S/C17H24O4/c1-13(18)21-17-9-7-16(8-10-17)20-12-15-5-3-14(4-6-15)11-19-2/h7-10,14-15H,3-6,11-12H2,1-2H3. The molecule has 0 heterocycles. The van der Waals surface area contributed by atoms with Gasteiger partial charge in [-0.3, -0.25) is 4.79 Å². The van der Waals surface area contributed by atoms with Crippen molar-refractivity contribution >= 4 is 5.97 Å².